The zero-order valence-electron chi connectivity index (χ0n) is 17.9. The quantitative estimate of drug-likeness (QED) is 0.461. The van der Waals surface area contributed by atoms with Gasteiger partial charge in [0.05, 0.1) is 5.56 Å². The van der Waals surface area contributed by atoms with E-state index in [4.69, 9.17) is 0 Å². The Balaban J connectivity index is 0.00000320. The van der Waals surface area contributed by atoms with Crippen molar-refractivity contribution >= 4 is 18.0 Å². The average molecular weight is 438 g/mol. The molecule has 3 rings (SSSR count). The maximum absolute atomic E-state index is 13.0. The van der Waals surface area contributed by atoms with Gasteiger partial charge in [0, 0.05) is 19.6 Å². The summed E-state index contributed by atoms with van der Waals surface area (Å²) in [6, 6.07) is 14.6. The molecule has 1 aliphatic rings. The Labute approximate surface area is 184 Å². The van der Waals surface area contributed by atoms with Crippen molar-refractivity contribution in [3.05, 3.63) is 76.9 Å². The van der Waals surface area contributed by atoms with Gasteiger partial charge >= 0.3 is 6.18 Å². The minimum atomic E-state index is -4.29. The highest BCUT2D eigenvalue weighted by molar-refractivity contribution is 5.85. The van der Waals surface area contributed by atoms with Gasteiger partial charge in [0.1, 0.15) is 0 Å². The van der Waals surface area contributed by atoms with Crippen molar-refractivity contribution in [2.75, 3.05) is 19.6 Å². The van der Waals surface area contributed by atoms with E-state index in [1.54, 1.807) is 6.07 Å². The molecule has 0 bridgehead atoms. The highest BCUT2D eigenvalue weighted by Crippen LogP contribution is 2.32. The van der Waals surface area contributed by atoms with Crippen LogP contribution in [-0.4, -0.2) is 24.5 Å². The first-order chi connectivity index (χ1) is 13.7. The second-order valence-electron chi connectivity index (χ2n) is 8.56. The van der Waals surface area contributed by atoms with Crippen LogP contribution in [0.15, 0.2) is 54.6 Å². The lowest BCUT2D eigenvalue weighted by Gasteiger charge is -2.29. The molecule has 0 saturated heterocycles. The van der Waals surface area contributed by atoms with Gasteiger partial charge in [-0.15, -0.1) is 12.4 Å². The predicted molar refractivity (Wildman–Crippen MR) is 121 cm³/mol. The van der Waals surface area contributed by atoms with Crippen molar-refractivity contribution in [1.29, 1.82) is 0 Å². The first-order valence-corrected chi connectivity index (χ1v) is 10.4. The normalized spacial score (nSPS) is 16.2. The largest absolute Gasteiger partial charge is 0.416 e. The molecule has 0 spiro atoms. The molecule has 1 nitrogen and oxygen atoms in total. The van der Waals surface area contributed by atoms with E-state index in [1.165, 1.54) is 23.3 Å². The minimum Gasteiger partial charge on any atom is -0.299 e. The van der Waals surface area contributed by atoms with Crippen LogP contribution >= 0.6 is 12.4 Å². The molecule has 164 valence electrons. The molecular formula is C25H31ClF3N. The predicted octanol–water partition coefficient (Wildman–Crippen LogP) is 7.22. The first-order valence-electron chi connectivity index (χ1n) is 10.4. The van der Waals surface area contributed by atoms with Gasteiger partial charge in [-0.05, 0) is 59.1 Å². The lowest BCUT2D eigenvalue weighted by atomic mass is 9.94. The average Bonchev–Trinajstić information content (AvgIpc) is 2.68. The van der Waals surface area contributed by atoms with E-state index in [0.717, 1.165) is 44.1 Å². The van der Waals surface area contributed by atoms with Gasteiger partial charge in [-0.2, -0.15) is 13.2 Å². The number of hydrogen-bond acceptors (Lipinski definition) is 1. The lowest BCUT2D eigenvalue weighted by Crippen LogP contribution is -2.32. The number of halogens is 4. The Morgan fingerprint density at radius 1 is 1.00 bits per heavy atom. The van der Waals surface area contributed by atoms with Crippen LogP contribution in [0.2, 0.25) is 0 Å². The Kier molecular flexibility index (Phi) is 8.57. The maximum Gasteiger partial charge on any atom is 0.416 e. The summed E-state index contributed by atoms with van der Waals surface area (Å²) in [6.45, 7) is 9.31. The van der Waals surface area contributed by atoms with E-state index in [0.29, 0.717) is 17.4 Å². The van der Waals surface area contributed by atoms with Crippen molar-refractivity contribution in [3.63, 3.8) is 0 Å². The van der Waals surface area contributed by atoms with Gasteiger partial charge in [0.15, 0.2) is 0 Å². The third-order valence-corrected chi connectivity index (χ3v) is 5.58. The molecule has 30 heavy (non-hydrogen) atoms. The third kappa shape index (κ3) is 6.61. The van der Waals surface area contributed by atoms with E-state index < -0.39 is 11.7 Å². The van der Waals surface area contributed by atoms with Crippen molar-refractivity contribution in [1.82, 2.24) is 4.90 Å². The first kappa shape index (κ1) is 24.5. The van der Waals surface area contributed by atoms with Crippen LogP contribution in [-0.2, 0) is 12.6 Å². The summed E-state index contributed by atoms with van der Waals surface area (Å²) in [6.07, 6.45) is -0.333. The molecule has 1 aliphatic heterocycles. The van der Waals surface area contributed by atoms with Gasteiger partial charge in [0.2, 0.25) is 0 Å². The van der Waals surface area contributed by atoms with Crippen molar-refractivity contribution in [2.24, 2.45) is 5.92 Å². The monoisotopic (exact) mass is 437 g/mol. The number of rotatable bonds is 6. The Morgan fingerprint density at radius 3 is 2.27 bits per heavy atom. The fourth-order valence-electron chi connectivity index (χ4n) is 3.98. The van der Waals surface area contributed by atoms with E-state index >= 15 is 0 Å². The van der Waals surface area contributed by atoms with Crippen LogP contribution in [0.5, 0.6) is 0 Å². The van der Waals surface area contributed by atoms with E-state index in [2.05, 4.69) is 56.0 Å². The molecule has 2 aromatic rings. The van der Waals surface area contributed by atoms with Crippen LogP contribution in [0, 0.1) is 5.92 Å². The summed E-state index contributed by atoms with van der Waals surface area (Å²) in [7, 11) is 0. The Hall–Kier alpha value is -1.78. The fraction of sp³-hybridized carbons (Fsp3) is 0.440. The molecule has 0 fully saturated rings. The van der Waals surface area contributed by atoms with Crippen LogP contribution in [0.3, 0.4) is 0 Å². The molecule has 1 heterocycles. The second-order valence-corrected chi connectivity index (χ2v) is 8.56. The molecule has 0 amide bonds. The second kappa shape index (κ2) is 10.5. The van der Waals surface area contributed by atoms with Crippen LogP contribution < -0.4 is 0 Å². The zero-order valence-corrected chi connectivity index (χ0v) is 18.7. The zero-order chi connectivity index (χ0) is 21.0. The number of hydrogen-bond donors (Lipinski definition) is 0. The molecule has 2 aromatic carbocycles. The molecular weight excluding hydrogens is 407 g/mol. The molecule has 0 unspecified atom stereocenters. The summed E-state index contributed by atoms with van der Waals surface area (Å²) >= 11 is 0. The summed E-state index contributed by atoms with van der Waals surface area (Å²) < 4.78 is 38.9. The van der Waals surface area contributed by atoms with Crippen molar-refractivity contribution in [3.8, 4) is 0 Å². The third-order valence-electron chi connectivity index (χ3n) is 5.58. The molecule has 0 aromatic heterocycles. The van der Waals surface area contributed by atoms with E-state index in [-0.39, 0.29) is 12.4 Å². The number of nitrogens with zero attached hydrogens (tertiary/aromatic N) is 1. The maximum atomic E-state index is 13.0. The van der Waals surface area contributed by atoms with Gasteiger partial charge in [-0.1, -0.05) is 63.2 Å². The van der Waals surface area contributed by atoms with Crippen LogP contribution in [0.4, 0.5) is 13.2 Å². The van der Waals surface area contributed by atoms with Gasteiger partial charge in [-0.25, -0.2) is 0 Å². The SMILES string of the molecule is CC(C)Cc1ccc([C@H](C)CN2CC=C(c3cccc(C(F)(F)F)c3)CC2)cc1.Cl. The minimum absolute atomic E-state index is 0. The smallest absolute Gasteiger partial charge is 0.299 e. The summed E-state index contributed by atoms with van der Waals surface area (Å²) in [5.74, 6) is 1.08. The molecule has 1 atom stereocenters. The lowest BCUT2D eigenvalue weighted by molar-refractivity contribution is -0.137. The summed E-state index contributed by atoms with van der Waals surface area (Å²) in [4.78, 5) is 2.38. The van der Waals surface area contributed by atoms with Crippen LogP contribution in [0.25, 0.3) is 5.57 Å². The molecule has 5 heteroatoms. The number of alkyl halides is 3. The number of benzene rings is 2. The molecule has 0 saturated carbocycles. The van der Waals surface area contributed by atoms with E-state index in [9.17, 15) is 13.2 Å². The Morgan fingerprint density at radius 2 is 1.70 bits per heavy atom. The van der Waals surface area contributed by atoms with Crippen LogP contribution in [0.1, 0.15) is 55.4 Å². The van der Waals surface area contributed by atoms with Gasteiger partial charge in [0.25, 0.3) is 0 Å². The van der Waals surface area contributed by atoms with Gasteiger partial charge in [-0.3, -0.25) is 4.90 Å². The molecule has 0 radical (unpaired) electrons. The highest BCUT2D eigenvalue weighted by Gasteiger charge is 2.30. The van der Waals surface area contributed by atoms with E-state index in [1.807, 2.05) is 0 Å². The molecule has 0 aliphatic carbocycles. The fourth-order valence-corrected chi connectivity index (χ4v) is 3.98. The standard InChI is InChI=1S/C25H30F3N.ClH/c1-18(2)15-20-7-9-21(10-8-20)19(3)17-29-13-11-22(12-14-29)23-5-4-6-24(16-23)25(26,27)28;/h4-11,16,18-19H,12-15,17H2,1-3H3;1H/t19-;/m1./s1. The highest BCUT2D eigenvalue weighted by atomic mass is 35.5. The topological polar surface area (TPSA) is 3.24 Å². The van der Waals surface area contributed by atoms with Gasteiger partial charge < -0.3 is 0 Å². The van der Waals surface area contributed by atoms with Crippen molar-refractivity contribution < 1.29 is 13.2 Å². The summed E-state index contributed by atoms with van der Waals surface area (Å²) in [5, 5.41) is 0. The molecule has 0 N–H and O–H groups in total. The Bertz CT molecular complexity index is 840. The summed E-state index contributed by atoms with van der Waals surface area (Å²) in [5.41, 5.74) is 3.84. The van der Waals surface area contributed by atoms with Crippen molar-refractivity contribution in [2.45, 2.75) is 45.7 Å².